The highest BCUT2D eigenvalue weighted by Gasteiger charge is 2.59. The van der Waals surface area contributed by atoms with Crippen molar-refractivity contribution in [1.29, 1.82) is 0 Å². The van der Waals surface area contributed by atoms with Crippen LogP contribution in [0.1, 0.15) is 90.5 Å². The van der Waals surface area contributed by atoms with Gasteiger partial charge in [0.2, 0.25) is 5.91 Å². The Bertz CT molecular complexity index is 1740. The first-order valence-electron chi connectivity index (χ1n) is 17.6. The van der Waals surface area contributed by atoms with Crippen LogP contribution in [-0.4, -0.2) is 17.1 Å². The number of hydrogen-bond acceptors (Lipinski definition) is 2. The van der Waals surface area contributed by atoms with Crippen LogP contribution < -0.4 is 5.32 Å². The smallest absolute Gasteiger partial charge is 0.220 e. The Morgan fingerprint density at radius 1 is 0.909 bits per heavy atom. The molecule has 0 saturated heterocycles. The molecule has 0 aromatic heterocycles. The molecule has 4 aliphatic carbocycles. The van der Waals surface area contributed by atoms with Gasteiger partial charge in [0.15, 0.2) is 0 Å². The summed E-state index contributed by atoms with van der Waals surface area (Å²) < 4.78 is 0. The van der Waals surface area contributed by atoms with E-state index >= 15 is 0 Å². The molecule has 0 heterocycles. The third-order valence-electron chi connectivity index (χ3n) is 13.8. The summed E-state index contributed by atoms with van der Waals surface area (Å²) in [6, 6.07) is 19.8. The second-order valence-corrected chi connectivity index (χ2v) is 15.8. The number of fused-ring (bicyclic) bond motifs is 5. The van der Waals surface area contributed by atoms with Crippen molar-refractivity contribution in [1.82, 2.24) is 5.32 Å². The van der Waals surface area contributed by atoms with Gasteiger partial charge in [-0.2, -0.15) is 0 Å². The average Bonchev–Trinajstić information content (AvgIpc) is 3.39. The largest absolute Gasteiger partial charge is 0.393 e. The van der Waals surface area contributed by atoms with E-state index in [1.165, 1.54) is 70.0 Å². The monoisotopic (exact) mass is 587 g/mol. The maximum atomic E-state index is 13.2. The van der Waals surface area contributed by atoms with Crippen LogP contribution in [0, 0.1) is 40.4 Å². The SMILES string of the molecule is C[C@H](CCC(=O)NCc1ccc2ccc3cccc4ccc1c2c34)[C@H]1CC[C@H]2[C@@H]3CC=C4CC(O)CC[C@]4(C)[C@H]3CC[C@]12C. The molecule has 4 aromatic carbocycles. The fourth-order valence-electron chi connectivity index (χ4n) is 11.4. The summed E-state index contributed by atoms with van der Waals surface area (Å²) in [5.74, 6) is 3.85. The van der Waals surface area contributed by atoms with Crippen LogP contribution in [0.25, 0.3) is 32.3 Å². The molecule has 4 aliphatic rings. The van der Waals surface area contributed by atoms with E-state index in [0.717, 1.165) is 43.4 Å². The van der Waals surface area contributed by atoms with E-state index in [1.54, 1.807) is 5.57 Å². The minimum absolute atomic E-state index is 0.130. The number of benzene rings is 4. The van der Waals surface area contributed by atoms with Crippen LogP contribution in [0.2, 0.25) is 0 Å². The molecule has 0 bridgehead atoms. The van der Waals surface area contributed by atoms with Gasteiger partial charge in [-0.3, -0.25) is 4.79 Å². The summed E-state index contributed by atoms with van der Waals surface area (Å²) in [5.41, 5.74) is 3.47. The zero-order valence-corrected chi connectivity index (χ0v) is 26.9. The molecule has 2 N–H and O–H groups in total. The normalized spacial score (nSPS) is 34.0. The number of allylic oxidation sites excluding steroid dienone is 1. The highest BCUT2D eigenvalue weighted by atomic mass is 16.3. The quantitative estimate of drug-likeness (QED) is 0.174. The van der Waals surface area contributed by atoms with Crippen molar-refractivity contribution in [2.75, 3.05) is 0 Å². The molecule has 8 atom stereocenters. The van der Waals surface area contributed by atoms with Gasteiger partial charge in [-0.1, -0.05) is 87.0 Å². The van der Waals surface area contributed by atoms with Crippen LogP contribution in [0.5, 0.6) is 0 Å². The number of rotatable bonds is 6. The summed E-state index contributed by atoms with van der Waals surface area (Å²) >= 11 is 0. The Morgan fingerprint density at radius 3 is 2.48 bits per heavy atom. The van der Waals surface area contributed by atoms with Crippen molar-refractivity contribution in [3.8, 4) is 0 Å². The van der Waals surface area contributed by atoms with Gasteiger partial charge in [0.05, 0.1) is 6.10 Å². The fraction of sp³-hybridized carbons (Fsp3) is 0.537. The van der Waals surface area contributed by atoms with E-state index in [-0.39, 0.29) is 12.0 Å². The van der Waals surface area contributed by atoms with Gasteiger partial charge in [-0.15, -0.1) is 0 Å². The van der Waals surface area contributed by atoms with Crippen molar-refractivity contribution in [2.45, 2.75) is 97.6 Å². The number of aliphatic hydroxyl groups is 1. The number of amides is 1. The van der Waals surface area contributed by atoms with E-state index in [1.807, 2.05) is 0 Å². The molecule has 230 valence electrons. The van der Waals surface area contributed by atoms with Crippen molar-refractivity contribution in [3.05, 3.63) is 71.8 Å². The van der Waals surface area contributed by atoms with Gasteiger partial charge in [-0.25, -0.2) is 0 Å². The molecule has 44 heavy (non-hydrogen) atoms. The van der Waals surface area contributed by atoms with Crippen LogP contribution in [0.4, 0.5) is 0 Å². The molecule has 1 unspecified atom stereocenters. The van der Waals surface area contributed by atoms with Crippen molar-refractivity contribution in [3.63, 3.8) is 0 Å². The molecular weight excluding hydrogens is 538 g/mol. The van der Waals surface area contributed by atoms with Crippen molar-refractivity contribution >= 4 is 38.2 Å². The van der Waals surface area contributed by atoms with Crippen LogP contribution >= 0.6 is 0 Å². The molecule has 4 aromatic rings. The summed E-state index contributed by atoms with van der Waals surface area (Å²) in [7, 11) is 0. The topological polar surface area (TPSA) is 49.3 Å². The van der Waals surface area contributed by atoms with Gasteiger partial charge in [0, 0.05) is 13.0 Å². The Balaban J connectivity index is 0.919. The summed E-state index contributed by atoms with van der Waals surface area (Å²) in [6.07, 6.45) is 13.6. The molecule has 0 radical (unpaired) electrons. The van der Waals surface area contributed by atoms with E-state index < -0.39 is 0 Å². The lowest BCUT2D eigenvalue weighted by Crippen LogP contribution is -2.50. The van der Waals surface area contributed by atoms with Crippen molar-refractivity contribution in [2.24, 2.45) is 40.4 Å². The first-order valence-corrected chi connectivity index (χ1v) is 17.6. The van der Waals surface area contributed by atoms with Crippen molar-refractivity contribution < 1.29 is 9.90 Å². The number of nitrogens with one attached hydrogen (secondary N) is 1. The van der Waals surface area contributed by atoms with E-state index in [2.05, 4.69) is 86.8 Å². The Labute approximate surface area is 262 Å². The standard InChI is InChI=1S/C41H49NO2/c1-25(34-16-17-35-33-15-13-30-23-31(43)19-21-40(30,2)36(33)20-22-41(34,35)3)7-18-37(44)42-24-29-11-10-28-9-8-26-5-4-6-27-12-14-32(29)39(28)38(26)27/h4-6,8-14,25,31,33-36,43H,7,15-24H2,1-3H3,(H,42,44)/t25-,31?,33+,34-,35+,36+,40+,41-/m1/s1. The zero-order valence-electron chi connectivity index (χ0n) is 26.9. The second-order valence-electron chi connectivity index (χ2n) is 15.8. The number of aliphatic hydroxyl groups excluding tert-OH is 1. The molecule has 3 fully saturated rings. The predicted molar refractivity (Wildman–Crippen MR) is 182 cm³/mol. The summed E-state index contributed by atoms with van der Waals surface area (Å²) in [4.78, 5) is 13.2. The molecule has 3 saturated carbocycles. The highest BCUT2D eigenvalue weighted by Crippen LogP contribution is 2.67. The summed E-state index contributed by atoms with van der Waals surface area (Å²) in [5, 5.41) is 21.4. The minimum Gasteiger partial charge on any atom is -0.393 e. The molecule has 3 nitrogen and oxygen atoms in total. The molecule has 8 rings (SSSR count). The molecule has 3 heteroatoms. The second kappa shape index (κ2) is 10.6. The third-order valence-corrected chi connectivity index (χ3v) is 13.8. The Morgan fingerprint density at radius 2 is 1.66 bits per heavy atom. The Kier molecular flexibility index (Phi) is 6.87. The van der Waals surface area contributed by atoms with E-state index in [4.69, 9.17) is 0 Å². The minimum atomic E-state index is -0.130. The van der Waals surface area contributed by atoms with Crippen LogP contribution in [0.15, 0.2) is 66.2 Å². The molecule has 0 spiro atoms. The van der Waals surface area contributed by atoms with Crippen LogP contribution in [0.3, 0.4) is 0 Å². The van der Waals surface area contributed by atoms with Gasteiger partial charge < -0.3 is 10.4 Å². The van der Waals surface area contributed by atoms with E-state index in [0.29, 0.717) is 35.6 Å². The van der Waals surface area contributed by atoms with Gasteiger partial charge in [0.1, 0.15) is 0 Å². The van der Waals surface area contributed by atoms with Crippen LogP contribution in [-0.2, 0) is 11.3 Å². The lowest BCUT2D eigenvalue weighted by atomic mass is 9.47. The lowest BCUT2D eigenvalue weighted by molar-refractivity contribution is -0.121. The maximum Gasteiger partial charge on any atom is 0.220 e. The molecule has 1 amide bonds. The number of carbonyl (C=O) groups is 1. The highest BCUT2D eigenvalue weighted by molar-refractivity contribution is 6.23. The van der Waals surface area contributed by atoms with Gasteiger partial charge >= 0.3 is 0 Å². The predicted octanol–water partition coefficient (Wildman–Crippen LogP) is 9.56. The fourth-order valence-corrected chi connectivity index (χ4v) is 11.4. The molecular formula is C41H49NO2. The van der Waals surface area contributed by atoms with E-state index in [9.17, 15) is 9.90 Å². The number of carbonyl (C=O) groups excluding carboxylic acids is 1. The third kappa shape index (κ3) is 4.36. The average molecular weight is 588 g/mol. The molecule has 0 aliphatic heterocycles. The lowest BCUT2D eigenvalue weighted by Gasteiger charge is -2.58. The zero-order chi connectivity index (χ0) is 30.2. The number of hydrogen-bond donors (Lipinski definition) is 2. The van der Waals surface area contributed by atoms with Gasteiger partial charge in [-0.05, 0) is 136 Å². The summed E-state index contributed by atoms with van der Waals surface area (Å²) in [6.45, 7) is 8.16. The van der Waals surface area contributed by atoms with Gasteiger partial charge in [0.25, 0.3) is 0 Å². The Hall–Kier alpha value is -2.91. The first kappa shape index (κ1) is 28.6. The first-order chi connectivity index (χ1) is 21.3. The maximum absolute atomic E-state index is 13.2.